The zero-order chi connectivity index (χ0) is 16.9. The van der Waals surface area contributed by atoms with Gasteiger partial charge in [-0.1, -0.05) is 38.4 Å². The van der Waals surface area contributed by atoms with Crippen LogP contribution in [0.2, 0.25) is 5.02 Å². The molecule has 0 atom stereocenters. The Morgan fingerprint density at radius 2 is 1.55 bits per heavy atom. The molecule has 0 N–H and O–H groups in total. The first-order valence-corrected chi connectivity index (χ1v) is 8.00. The van der Waals surface area contributed by atoms with E-state index in [1.54, 1.807) is 7.11 Å². The highest BCUT2D eigenvalue weighted by atomic mass is 35.5. The Morgan fingerprint density at radius 3 is 1.95 bits per heavy atom. The van der Waals surface area contributed by atoms with Gasteiger partial charge in [0.15, 0.2) is 0 Å². The van der Waals surface area contributed by atoms with Gasteiger partial charge in [-0.3, -0.25) is 0 Å². The van der Waals surface area contributed by atoms with Gasteiger partial charge in [-0.2, -0.15) is 0 Å². The van der Waals surface area contributed by atoms with Crippen molar-refractivity contribution in [3.05, 3.63) is 22.7 Å². The molecule has 1 aliphatic rings. The molecule has 1 aliphatic heterocycles. The van der Waals surface area contributed by atoms with Gasteiger partial charge >= 0.3 is 7.12 Å². The van der Waals surface area contributed by atoms with Crippen LogP contribution in [0.3, 0.4) is 0 Å². The first kappa shape index (κ1) is 17.6. The Hall–Kier alpha value is -0.705. The molecular weight excluding hydrogens is 298 g/mol. The van der Waals surface area contributed by atoms with Crippen LogP contribution in [0.15, 0.2) is 12.1 Å². The fraction of sp³-hybridized carbons (Fsp3) is 0.647. The van der Waals surface area contributed by atoms with Gasteiger partial charge in [0.25, 0.3) is 0 Å². The second kappa shape index (κ2) is 5.43. The van der Waals surface area contributed by atoms with Crippen molar-refractivity contribution in [1.82, 2.24) is 0 Å². The zero-order valence-electron chi connectivity index (χ0n) is 14.8. The van der Waals surface area contributed by atoms with E-state index in [2.05, 4.69) is 26.8 Å². The molecule has 0 aromatic heterocycles. The molecule has 0 radical (unpaired) electrons. The third-order valence-corrected chi connectivity index (χ3v) is 4.93. The maximum atomic E-state index is 6.43. The topological polar surface area (TPSA) is 27.7 Å². The molecule has 22 heavy (non-hydrogen) atoms. The Labute approximate surface area is 139 Å². The minimum atomic E-state index is -0.486. The summed E-state index contributed by atoms with van der Waals surface area (Å²) in [6, 6.07) is 4.03. The van der Waals surface area contributed by atoms with Crippen molar-refractivity contribution in [2.24, 2.45) is 0 Å². The van der Waals surface area contributed by atoms with Gasteiger partial charge < -0.3 is 14.0 Å². The normalized spacial score (nSPS) is 20.3. The van der Waals surface area contributed by atoms with Crippen molar-refractivity contribution in [2.45, 2.75) is 65.1 Å². The molecule has 1 fully saturated rings. The molecule has 0 aliphatic carbocycles. The Bertz CT molecular complexity index is 560. The molecule has 1 saturated heterocycles. The van der Waals surface area contributed by atoms with E-state index in [-0.39, 0.29) is 5.41 Å². The fourth-order valence-corrected chi connectivity index (χ4v) is 2.71. The minimum Gasteiger partial charge on any atom is -0.496 e. The molecule has 122 valence electrons. The lowest BCUT2D eigenvalue weighted by atomic mass is 9.74. The molecule has 1 aromatic rings. The molecule has 1 heterocycles. The van der Waals surface area contributed by atoms with Gasteiger partial charge in [-0.05, 0) is 44.7 Å². The van der Waals surface area contributed by atoms with Crippen LogP contribution in [-0.4, -0.2) is 25.4 Å². The summed E-state index contributed by atoms with van der Waals surface area (Å²) in [6.45, 7) is 14.6. The predicted octanol–water partition coefficient (Wildman–Crippen LogP) is 3.95. The Balaban J connectivity index is 2.53. The number of methoxy groups -OCH3 is 1. The van der Waals surface area contributed by atoms with Crippen molar-refractivity contribution in [3.8, 4) is 5.75 Å². The van der Waals surface area contributed by atoms with E-state index in [0.29, 0.717) is 10.8 Å². The highest BCUT2D eigenvalue weighted by molar-refractivity contribution is 6.63. The molecule has 0 saturated carbocycles. The summed E-state index contributed by atoms with van der Waals surface area (Å²) in [5.74, 6) is 0.619. The Kier molecular flexibility index (Phi) is 4.36. The lowest BCUT2D eigenvalue weighted by Gasteiger charge is -2.32. The maximum Gasteiger partial charge on any atom is 0.498 e. The smallest absolute Gasteiger partial charge is 0.496 e. The van der Waals surface area contributed by atoms with Crippen LogP contribution >= 0.6 is 11.6 Å². The largest absolute Gasteiger partial charge is 0.498 e. The summed E-state index contributed by atoms with van der Waals surface area (Å²) >= 11 is 6.43. The number of hydrogen-bond acceptors (Lipinski definition) is 3. The summed E-state index contributed by atoms with van der Waals surface area (Å²) in [7, 11) is 1.13. The summed E-state index contributed by atoms with van der Waals surface area (Å²) in [4.78, 5) is 0. The summed E-state index contributed by atoms with van der Waals surface area (Å²) in [5, 5.41) is 0.583. The van der Waals surface area contributed by atoms with Gasteiger partial charge in [0.1, 0.15) is 5.75 Å². The SMILES string of the molecule is COc1c(Cl)cc(C(C)(C)C)cc1B1OC(C)(C)C(C)(C)O1. The third kappa shape index (κ3) is 3.01. The van der Waals surface area contributed by atoms with Crippen molar-refractivity contribution in [1.29, 1.82) is 0 Å². The first-order valence-electron chi connectivity index (χ1n) is 7.62. The van der Waals surface area contributed by atoms with Crippen molar-refractivity contribution in [2.75, 3.05) is 7.11 Å². The molecule has 3 nitrogen and oxygen atoms in total. The third-order valence-electron chi connectivity index (χ3n) is 4.65. The monoisotopic (exact) mass is 324 g/mol. The number of benzene rings is 1. The molecule has 5 heteroatoms. The van der Waals surface area contributed by atoms with Crippen LogP contribution in [0.25, 0.3) is 0 Å². The second-order valence-electron chi connectivity index (χ2n) is 7.92. The van der Waals surface area contributed by atoms with Crippen molar-refractivity contribution in [3.63, 3.8) is 0 Å². The van der Waals surface area contributed by atoms with E-state index in [1.165, 1.54) is 0 Å². The van der Waals surface area contributed by atoms with E-state index in [9.17, 15) is 0 Å². The van der Waals surface area contributed by atoms with Crippen LogP contribution in [0.4, 0.5) is 0 Å². The van der Waals surface area contributed by atoms with E-state index >= 15 is 0 Å². The van der Waals surface area contributed by atoms with Crippen molar-refractivity contribution < 1.29 is 14.0 Å². The molecule has 0 amide bonds. The van der Waals surface area contributed by atoms with Crippen LogP contribution in [0.5, 0.6) is 5.75 Å². The maximum absolute atomic E-state index is 6.43. The summed E-state index contributed by atoms with van der Waals surface area (Å²) in [6.07, 6.45) is 0. The second-order valence-corrected chi connectivity index (χ2v) is 8.33. The minimum absolute atomic E-state index is 0.0195. The average Bonchev–Trinajstić information content (AvgIpc) is 2.56. The lowest BCUT2D eigenvalue weighted by Crippen LogP contribution is -2.41. The molecular formula is C17H26BClO3. The molecule has 0 spiro atoms. The van der Waals surface area contributed by atoms with Gasteiger partial charge in [-0.25, -0.2) is 0 Å². The molecule has 2 rings (SSSR count). The van der Waals surface area contributed by atoms with E-state index in [0.717, 1.165) is 11.0 Å². The number of halogens is 1. The van der Waals surface area contributed by atoms with Crippen LogP contribution in [0, 0.1) is 0 Å². The van der Waals surface area contributed by atoms with Crippen molar-refractivity contribution >= 4 is 24.2 Å². The Morgan fingerprint density at radius 1 is 1.05 bits per heavy atom. The number of ether oxygens (including phenoxy) is 1. The van der Waals surface area contributed by atoms with Crippen LogP contribution in [0.1, 0.15) is 54.0 Å². The number of rotatable bonds is 2. The van der Waals surface area contributed by atoms with E-state index in [4.69, 9.17) is 25.6 Å². The summed E-state index contributed by atoms with van der Waals surface area (Å²) < 4.78 is 17.8. The van der Waals surface area contributed by atoms with Gasteiger partial charge in [0, 0.05) is 5.46 Å². The van der Waals surface area contributed by atoms with E-state index < -0.39 is 18.3 Å². The van der Waals surface area contributed by atoms with Gasteiger partial charge in [-0.15, -0.1) is 0 Å². The molecule has 0 unspecified atom stereocenters. The predicted molar refractivity (Wildman–Crippen MR) is 92.4 cm³/mol. The molecule has 0 bridgehead atoms. The van der Waals surface area contributed by atoms with E-state index in [1.807, 2.05) is 33.8 Å². The van der Waals surface area contributed by atoms with Crippen LogP contribution in [-0.2, 0) is 14.7 Å². The standard InChI is InChI=1S/C17H26BClO3/c1-15(2,3)11-9-12(14(20-8)13(19)10-11)18-21-16(4,5)17(6,7)22-18/h9-10H,1-8H3. The highest BCUT2D eigenvalue weighted by Crippen LogP contribution is 2.38. The lowest BCUT2D eigenvalue weighted by molar-refractivity contribution is 0.00578. The van der Waals surface area contributed by atoms with Gasteiger partial charge in [0.2, 0.25) is 0 Å². The quantitative estimate of drug-likeness (QED) is 0.771. The van der Waals surface area contributed by atoms with Crippen LogP contribution < -0.4 is 10.2 Å². The highest BCUT2D eigenvalue weighted by Gasteiger charge is 2.52. The fourth-order valence-electron chi connectivity index (χ4n) is 2.41. The zero-order valence-corrected chi connectivity index (χ0v) is 15.6. The summed E-state index contributed by atoms with van der Waals surface area (Å²) in [5.41, 5.74) is 1.16. The first-order chi connectivity index (χ1) is 9.89. The van der Waals surface area contributed by atoms with Gasteiger partial charge in [0.05, 0.1) is 23.3 Å². The molecule has 1 aromatic carbocycles. The number of hydrogen-bond donors (Lipinski definition) is 0. The average molecular weight is 325 g/mol.